The second-order valence-electron chi connectivity index (χ2n) is 8.44. The Bertz CT molecular complexity index is 1080. The summed E-state index contributed by atoms with van der Waals surface area (Å²) in [5.74, 6) is 2.12. The van der Waals surface area contributed by atoms with Gasteiger partial charge in [0.2, 0.25) is 0 Å². The fourth-order valence-corrected chi connectivity index (χ4v) is 5.08. The molecule has 0 radical (unpaired) electrons. The van der Waals surface area contributed by atoms with Crippen molar-refractivity contribution in [2.45, 2.75) is 43.6 Å². The van der Waals surface area contributed by atoms with E-state index in [1.807, 2.05) is 6.07 Å². The van der Waals surface area contributed by atoms with E-state index in [9.17, 15) is 14.0 Å². The molecule has 3 fully saturated rings. The largest absolute Gasteiger partial charge is 0.342 e. The standard InChI is InChI=1S/C25H23FN2O3/c1-2-17-5-3-7-19(15-17)23(29)27-13-11-25(12-14-27)24(30)28-21(9-10-22(28)31-25)18-6-4-8-20(26)16-18/h1,3-8,15-16,21-22H,9-14H2/t21-,22+/m0/s1. The third kappa shape index (κ3) is 3.30. The van der Waals surface area contributed by atoms with Crippen molar-refractivity contribution in [2.75, 3.05) is 13.1 Å². The number of rotatable bonds is 2. The molecule has 31 heavy (non-hydrogen) atoms. The number of halogens is 1. The van der Waals surface area contributed by atoms with Crippen LogP contribution in [0.3, 0.4) is 0 Å². The van der Waals surface area contributed by atoms with Gasteiger partial charge in [0.1, 0.15) is 12.0 Å². The number of nitrogens with zero attached hydrogens (tertiary/aromatic N) is 2. The smallest absolute Gasteiger partial charge is 0.257 e. The number of hydrogen-bond donors (Lipinski definition) is 0. The number of carbonyl (C=O) groups excluding carboxylic acids is 2. The van der Waals surface area contributed by atoms with Gasteiger partial charge in [0.15, 0.2) is 5.60 Å². The van der Waals surface area contributed by atoms with Crippen LogP contribution in [0.1, 0.15) is 53.2 Å². The van der Waals surface area contributed by atoms with Crippen LogP contribution in [0.5, 0.6) is 0 Å². The molecular formula is C25H23FN2O3. The number of amides is 2. The third-order valence-corrected chi connectivity index (χ3v) is 6.69. The first-order chi connectivity index (χ1) is 15.0. The van der Waals surface area contributed by atoms with Crippen LogP contribution in [0.4, 0.5) is 4.39 Å². The molecule has 5 nitrogen and oxygen atoms in total. The van der Waals surface area contributed by atoms with Gasteiger partial charge in [-0.1, -0.05) is 24.1 Å². The Labute approximate surface area is 180 Å². The first kappa shape index (κ1) is 19.8. The lowest BCUT2D eigenvalue weighted by Gasteiger charge is -2.37. The zero-order chi connectivity index (χ0) is 21.6. The van der Waals surface area contributed by atoms with Crippen LogP contribution in [0, 0.1) is 18.2 Å². The van der Waals surface area contributed by atoms with Crippen molar-refractivity contribution in [2.24, 2.45) is 0 Å². The Balaban J connectivity index is 1.30. The van der Waals surface area contributed by atoms with E-state index in [2.05, 4.69) is 5.92 Å². The molecule has 2 aromatic carbocycles. The number of ether oxygens (including phenoxy) is 1. The van der Waals surface area contributed by atoms with Gasteiger partial charge in [-0.2, -0.15) is 0 Å². The van der Waals surface area contributed by atoms with E-state index in [-0.39, 0.29) is 29.9 Å². The molecule has 0 saturated carbocycles. The zero-order valence-corrected chi connectivity index (χ0v) is 17.1. The minimum absolute atomic E-state index is 0.0364. The van der Waals surface area contributed by atoms with Crippen LogP contribution in [0.25, 0.3) is 0 Å². The fourth-order valence-electron chi connectivity index (χ4n) is 5.08. The summed E-state index contributed by atoms with van der Waals surface area (Å²) in [7, 11) is 0. The van der Waals surface area contributed by atoms with Gasteiger partial charge in [0.25, 0.3) is 11.8 Å². The Hall–Kier alpha value is -3.17. The monoisotopic (exact) mass is 418 g/mol. The SMILES string of the molecule is C#Cc1cccc(C(=O)N2CCC3(CC2)O[C@@H]2CC[C@@H](c4cccc(F)c4)N2C3=O)c1. The summed E-state index contributed by atoms with van der Waals surface area (Å²) in [5.41, 5.74) is 1.13. The van der Waals surface area contributed by atoms with E-state index >= 15 is 0 Å². The van der Waals surface area contributed by atoms with Gasteiger partial charge in [0, 0.05) is 37.1 Å². The molecule has 1 spiro atoms. The number of terminal acetylenes is 1. The van der Waals surface area contributed by atoms with Crippen molar-refractivity contribution in [3.63, 3.8) is 0 Å². The van der Waals surface area contributed by atoms with E-state index in [0.717, 1.165) is 18.4 Å². The summed E-state index contributed by atoms with van der Waals surface area (Å²) in [6.07, 6.45) is 7.56. The van der Waals surface area contributed by atoms with Crippen LogP contribution in [0.2, 0.25) is 0 Å². The predicted octanol–water partition coefficient (Wildman–Crippen LogP) is 3.50. The first-order valence-electron chi connectivity index (χ1n) is 10.6. The van der Waals surface area contributed by atoms with Gasteiger partial charge in [-0.25, -0.2) is 4.39 Å². The minimum atomic E-state index is -0.895. The maximum Gasteiger partial charge on any atom is 0.257 e. The predicted molar refractivity (Wildman–Crippen MR) is 112 cm³/mol. The lowest BCUT2D eigenvalue weighted by Crippen LogP contribution is -2.51. The number of benzene rings is 2. The molecule has 2 amide bonds. The molecule has 3 aliphatic rings. The number of piperidine rings is 1. The third-order valence-electron chi connectivity index (χ3n) is 6.69. The van der Waals surface area contributed by atoms with E-state index in [1.165, 1.54) is 12.1 Å². The van der Waals surface area contributed by atoms with Gasteiger partial charge < -0.3 is 14.5 Å². The Morgan fingerprint density at radius 2 is 1.90 bits per heavy atom. The highest BCUT2D eigenvalue weighted by Gasteiger charge is 2.58. The molecule has 0 unspecified atom stereocenters. The van der Waals surface area contributed by atoms with E-state index in [4.69, 9.17) is 11.2 Å². The molecule has 3 saturated heterocycles. The lowest BCUT2D eigenvalue weighted by molar-refractivity contribution is -0.142. The molecule has 3 heterocycles. The topological polar surface area (TPSA) is 49.9 Å². The number of fused-ring (bicyclic) bond motifs is 1. The molecule has 0 bridgehead atoms. The molecule has 5 rings (SSSR count). The van der Waals surface area contributed by atoms with E-state index in [0.29, 0.717) is 37.1 Å². The molecule has 0 N–H and O–H groups in total. The summed E-state index contributed by atoms with van der Waals surface area (Å²) in [5, 5.41) is 0. The second-order valence-corrected chi connectivity index (χ2v) is 8.44. The number of carbonyl (C=O) groups is 2. The van der Waals surface area contributed by atoms with Crippen molar-refractivity contribution < 1.29 is 18.7 Å². The Morgan fingerprint density at radius 3 is 2.65 bits per heavy atom. The van der Waals surface area contributed by atoms with Crippen LogP contribution in [-0.4, -0.2) is 46.5 Å². The van der Waals surface area contributed by atoms with Gasteiger partial charge in [0.05, 0.1) is 6.04 Å². The summed E-state index contributed by atoms with van der Waals surface area (Å²) in [4.78, 5) is 29.9. The maximum atomic E-state index is 13.7. The molecule has 6 heteroatoms. The summed E-state index contributed by atoms with van der Waals surface area (Å²) >= 11 is 0. The molecule has 0 aromatic heterocycles. The van der Waals surface area contributed by atoms with E-state index in [1.54, 1.807) is 40.1 Å². The quantitative estimate of drug-likeness (QED) is 0.702. The summed E-state index contributed by atoms with van der Waals surface area (Å²) < 4.78 is 20.0. The van der Waals surface area contributed by atoms with Gasteiger partial charge in [-0.15, -0.1) is 6.42 Å². The highest BCUT2D eigenvalue weighted by molar-refractivity contribution is 5.95. The van der Waals surface area contributed by atoms with Crippen LogP contribution < -0.4 is 0 Å². The molecule has 0 aliphatic carbocycles. The van der Waals surface area contributed by atoms with E-state index < -0.39 is 5.60 Å². The normalized spacial score (nSPS) is 24.3. The molecule has 158 valence electrons. The van der Waals surface area contributed by atoms with Crippen molar-refractivity contribution in [1.82, 2.24) is 9.80 Å². The Morgan fingerprint density at radius 1 is 1.13 bits per heavy atom. The molecule has 3 aliphatic heterocycles. The van der Waals surface area contributed by atoms with Crippen molar-refractivity contribution in [3.05, 3.63) is 71.0 Å². The van der Waals surface area contributed by atoms with Gasteiger partial charge >= 0.3 is 0 Å². The van der Waals surface area contributed by atoms with Crippen molar-refractivity contribution >= 4 is 11.8 Å². The molecule has 2 atom stereocenters. The van der Waals surface area contributed by atoms with Crippen molar-refractivity contribution in [1.29, 1.82) is 0 Å². The van der Waals surface area contributed by atoms with Crippen molar-refractivity contribution in [3.8, 4) is 12.3 Å². The summed E-state index contributed by atoms with van der Waals surface area (Å²) in [6.45, 7) is 0.881. The average Bonchev–Trinajstić information content (AvgIpc) is 3.32. The average molecular weight is 418 g/mol. The van der Waals surface area contributed by atoms with Crippen LogP contribution >= 0.6 is 0 Å². The van der Waals surface area contributed by atoms with Crippen LogP contribution in [0.15, 0.2) is 48.5 Å². The highest BCUT2D eigenvalue weighted by atomic mass is 19.1. The zero-order valence-electron chi connectivity index (χ0n) is 17.1. The molecule has 2 aromatic rings. The molecular weight excluding hydrogens is 395 g/mol. The Kier molecular flexibility index (Phi) is 4.79. The van der Waals surface area contributed by atoms with Gasteiger partial charge in [-0.3, -0.25) is 9.59 Å². The highest BCUT2D eigenvalue weighted by Crippen LogP contribution is 2.47. The van der Waals surface area contributed by atoms with Gasteiger partial charge in [-0.05, 0) is 48.7 Å². The maximum absolute atomic E-state index is 13.7. The fraction of sp³-hybridized carbons (Fsp3) is 0.360. The minimum Gasteiger partial charge on any atom is -0.342 e. The number of hydrogen-bond acceptors (Lipinski definition) is 3. The summed E-state index contributed by atoms with van der Waals surface area (Å²) in [6, 6.07) is 13.3. The first-order valence-corrected chi connectivity index (χ1v) is 10.6. The second kappa shape index (κ2) is 7.51. The van der Waals surface area contributed by atoms with Crippen LogP contribution in [-0.2, 0) is 9.53 Å². The number of likely N-dealkylation sites (tertiary alicyclic amines) is 1. The lowest BCUT2D eigenvalue weighted by atomic mass is 9.89.